The lowest BCUT2D eigenvalue weighted by Gasteiger charge is -2.47. The molecule has 3 rings (SSSR count). The number of anilines is 1. The predicted octanol–water partition coefficient (Wildman–Crippen LogP) is 2.80. The molecule has 6 nitrogen and oxygen atoms in total. The normalized spacial score (nSPS) is 27.0. The highest BCUT2D eigenvalue weighted by Crippen LogP contribution is 2.32. The first kappa shape index (κ1) is 16.8. The Kier molecular flexibility index (Phi) is 5.35. The number of hydrogen-bond donors (Lipinski definition) is 2. The van der Waals surface area contributed by atoms with Crippen LogP contribution in [0.1, 0.15) is 37.7 Å². The van der Waals surface area contributed by atoms with Gasteiger partial charge in [-0.3, -0.25) is 0 Å². The van der Waals surface area contributed by atoms with E-state index in [9.17, 15) is 4.79 Å². The van der Waals surface area contributed by atoms with Gasteiger partial charge in [-0.05, 0) is 38.8 Å². The topological polar surface area (TPSA) is 66.0 Å². The summed E-state index contributed by atoms with van der Waals surface area (Å²) < 4.78 is 0. The number of fused-ring (bicyclic) bond motifs is 2. The Balaban J connectivity index is 1.59. The number of nitrogens with one attached hydrogen (secondary N) is 2. The summed E-state index contributed by atoms with van der Waals surface area (Å²) in [6.07, 6.45) is 7.45. The van der Waals surface area contributed by atoms with Gasteiger partial charge in [-0.15, -0.1) is 0 Å². The zero-order chi connectivity index (χ0) is 16.9. The van der Waals surface area contributed by atoms with Crippen LogP contribution in [0, 0.1) is 0 Å². The summed E-state index contributed by atoms with van der Waals surface area (Å²) in [5.41, 5.74) is 1.54. The smallest absolute Gasteiger partial charge is 0.319 e. The van der Waals surface area contributed by atoms with Gasteiger partial charge in [0.15, 0.2) is 0 Å². The molecule has 0 saturated carbocycles. The molecule has 1 aromatic rings. The third-order valence-electron chi connectivity index (χ3n) is 5.18. The van der Waals surface area contributed by atoms with Gasteiger partial charge in [0.1, 0.15) is 7.11 Å². The fourth-order valence-electron chi connectivity index (χ4n) is 3.91. The minimum atomic E-state index is -0.152. The van der Waals surface area contributed by atoms with Gasteiger partial charge in [-0.1, -0.05) is 29.8 Å². The van der Waals surface area contributed by atoms with Crippen LogP contribution in [0.2, 0.25) is 0 Å². The molecule has 3 atom stereocenters. The summed E-state index contributed by atoms with van der Waals surface area (Å²) in [4.78, 5) is 19.6. The lowest BCUT2D eigenvalue weighted by molar-refractivity contribution is 0.0513. The van der Waals surface area contributed by atoms with E-state index in [4.69, 9.17) is 4.84 Å². The first-order chi connectivity index (χ1) is 11.7. The minimum Gasteiger partial charge on any atom is -0.399 e. The Bertz CT molecular complexity index is 590. The van der Waals surface area contributed by atoms with Gasteiger partial charge >= 0.3 is 6.03 Å². The molecule has 24 heavy (non-hydrogen) atoms. The van der Waals surface area contributed by atoms with E-state index >= 15 is 0 Å². The Labute approximate surface area is 143 Å². The van der Waals surface area contributed by atoms with E-state index < -0.39 is 0 Å². The molecule has 1 aromatic carbocycles. The lowest BCUT2D eigenvalue weighted by atomic mass is 9.82. The molecule has 2 saturated heterocycles. The summed E-state index contributed by atoms with van der Waals surface area (Å²) in [6.45, 7) is 0. The van der Waals surface area contributed by atoms with Gasteiger partial charge in [0.05, 0.1) is 11.9 Å². The molecular weight excluding hydrogens is 304 g/mol. The zero-order valence-corrected chi connectivity index (χ0v) is 14.4. The fourth-order valence-corrected chi connectivity index (χ4v) is 3.91. The fraction of sp³-hybridized carbons (Fsp3) is 0.556. The lowest BCUT2D eigenvalue weighted by Crippen LogP contribution is -2.55. The third kappa shape index (κ3) is 3.87. The molecule has 0 aromatic heterocycles. The Morgan fingerprint density at radius 1 is 1.29 bits per heavy atom. The summed E-state index contributed by atoms with van der Waals surface area (Å²) in [5, 5.41) is 9.85. The SMILES string of the molecule is CO/N=C/c1ccccc1NC(=O)N[C@H]1C[C@H]2CCC[C@@H](C1)N2C. The number of benzene rings is 1. The first-order valence-electron chi connectivity index (χ1n) is 8.62. The van der Waals surface area contributed by atoms with Crippen molar-refractivity contribution in [1.29, 1.82) is 0 Å². The molecule has 2 fully saturated rings. The van der Waals surface area contributed by atoms with Crippen molar-refractivity contribution in [2.45, 2.75) is 50.2 Å². The van der Waals surface area contributed by atoms with Crippen LogP contribution < -0.4 is 10.6 Å². The molecule has 2 aliphatic heterocycles. The molecule has 6 heteroatoms. The van der Waals surface area contributed by atoms with Crippen LogP contribution in [0.5, 0.6) is 0 Å². The molecule has 2 amide bonds. The summed E-state index contributed by atoms with van der Waals surface area (Å²) in [5.74, 6) is 0. The second kappa shape index (κ2) is 7.66. The van der Waals surface area contributed by atoms with E-state index in [0.717, 1.165) is 24.1 Å². The van der Waals surface area contributed by atoms with Crippen LogP contribution in [0.4, 0.5) is 10.5 Å². The maximum atomic E-state index is 12.4. The summed E-state index contributed by atoms with van der Waals surface area (Å²) in [7, 11) is 3.71. The maximum absolute atomic E-state index is 12.4. The second-order valence-corrected chi connectivity index (χ2v) is 6.68. The van der Waals surface area contributed by atoms with Crippen LogP contribution in [0.3, 0.4) is 0 Å². The highest BCUT2D eigenvalue weighted by Gasteiger charge is 2.36. The minimum absolute atomic E-state index is 0.152. The monoisotopic (exact) mass is 330 g/mol. The van der Waals surface area contributed by atoms with Crippen molar-refractivity contribution in [2.24, 2.45) is 5.16 Å². The number of amides is 2. The van der Waals surface area contributed by atoms with Crippen molar-refractivity contribution in [3.8, 4) is 0 Å². The van der Waals surface area contributed by atoms with Crippen molar-refractivity contribution in [2.75, 3.05) is 19.5 Å². The van der Waals surface area contributed by atoms with Gasteiger partial charge in [0, 0.05) is 23.7 Å². The van der Waals surface area contributed by atoms with Crippen molar-refractivity contribution in [1.82, 2.24) is 10.2 Å². The predicted molar refractivity (Wildman–Crippen MR) is 95.4 cm³/mol. The molecule has 0 radical (unpaired) electrons. The molecular formula is C18H26N4O2. The molecule has 130 valence electrons. The number of piperidine rings is 2. The van der Waals surface area contributed by atoms with Gasteiger partial charge in [0.2, 0.25) is 0 Å². The number of nitrogens with zero attached hydrogens (tertiary/aromatic N) is 2. The molecule has 0 aliphatic carbocycles. The number of para-hydroxylation sites is 1. The largest absolute Gasteiger partial charge is 0.399 e. The average molecular weight is 330 g/mol. The van der Waals surface area contributed by atoms with Crippen LogP contribution >= 0.6 is 0 Å². The number of hydrogen-bond acceptors (Lipinski definition) is 4. The molecule has 2 heterocycles. The highest BCUT2D eigenvalue weighted by atomic mass is 16.6. The average Bonchev–Trinajstić information content (AvgIpc) is 2.55. The first-order valence-corrected chi connectivity index (χ1v) is 8.62. The van der Waals surface area contributed by atoms with Crippen molar-refractivity contribution >= 4 is 17.9 Å². The van der Waals surface area contributed by atoms with E-state index in [1.807, 2.05) is 24.3 Å². The van der Waals surface area contributed by atoms with Crippen LogP contribution in [-0.4, -0.2) is 49.4 Å². The van der Waals surface area contributed by atoms with Gasteiger partial charge in [-0.2, -0.15) is 0 Å². The van der Waals surface area contributed by atoms with Gasteiger partial charge < -0.3 is 20.4 Å². The number of carbonyl (C=O) groups is 1. The third-order valence-corrected chi connectivity index (χ3v) is 5.18. The van der Waals surface area contributed by atoms with Crippen molar-refractivity contribution in [3.63, 3.8) is 0 Å². The van der Waals surface area contributed by atoms with Crippen molar-refractivity contribution < 1.29 is 9.63 Å². The quantitative estimate of drug-likeness (QED) is 0.659. The Morgan fingerprint density at radius 2 is 2.00 bits per heavy atom. The molecule has 2 bridgehead atoms. The zero-order valence-electron chi connectivity index (χ0n) is 14.4. The maximum Gasteiger partial charge on any atom is 0.319 e. The van der Waals surface area contributed by atoms with E-state index in [1.165, 1.54) is 26.4 Å². The van der Waals surface area contributed by atoms with Crippen LogP contribution in [0.15, 0.2) is 29.4 Å². The molecule has 0 spiro atoms. The van der Waals surface area contributed by atoms with E-state index in [0.29, 0.717) is 12.1 Å². The number of urea groups is 1. The van der Waals surface area contributed by atoms with E-state index in [-0.39, 0.29) is 12.1 Å². The summed E-state index contributed by atoms with van der Waals surface area (Å²) >= 11 is 0. The Hall–Kier alpha value is -2.08. The number of rotatable bonds is 4. The molecule has 2 aliphatic rings. The Morgan fingerprint density at radius 3 is 2.71 bits per heavy atom. The number of oxime groups is 1. The number of carbonyl (C=O) groups excluding carboxylic acids is 1. The molecule has 2 N–H and O–H groups in total. The summed E-state index contributed by atoms with van der Waals surface area (Å²) in [6, 6.07) is 8.83. The van der Waals surface area contributed by atoms with E-state index in [2.05, 4.69) is 27.7 Å². The van der Waals surface area contributed by atoms with Gasteiger partial charge in [-0.25, -0.2) is 4.79 Å². The molecule has 0 unspecified atom stereocenters. The second-order valence-electron chi connectivity index (χ2n) is 6.68. The van der Waals surface area contributed by atoms with Crippen LogP contribution in [-0.2, 0) is 4.84 Å². The van der Waals surface area contributed by atoms with Crippen LogP contribution in [0.25, 0.3) is 0 Å². The highest BCUT2D eigenvalue weighted by molar-refractivity contribution is 5.96. The van der Waals surface area contributed by atoms with E-state index in [1.54, 1.807) is 6.21 Å². The standard InChI is InChI=1S/C18H26N4O2/c1-22-15-7-5-8-16(22)11-14(10-15)20-18(23)21-17-9-4-3-6-13(17)12-19-24-2/h3-4,6,9,12,14-16H,5,7-8,10-11H2,1-2H3,(H2,20,21,23)/b19-12+/t14-,15+,16-. The van der Waals surface area contributed by atoms with Gasteiger partial charge in [0.25, 0.3) is 0 Å². The van der Waals surface area contributed by atoms with Crippen molar-refractivity contribution in [3.05, 3.63) is 29.8 Å².